The molecule has 0 saturated carbocycles. The Kier molecular flexibility index (Phi) is 5.74. The summed E-state index contributed by atoms with van der Waals surface area (Å²) in [7, 11) is 3.37. The third kappa shape index (κ3) is 4.43. The Morgan fingerprint density at radius 3 is 2.78 bits per heavy atom. The molecule has 1 aromatic rings. The maximum absolute atomic E-state index is 11.2. The van der Waals surface area contributed by atoms with Crippen molar-refractivity contribution in [2.24, 2.45) is 0 Å². The molecule has 0 heterocycles. The number of aromatic hydroxyl groups is 1. The van der Waals surface area contributed by atoms with Crippen LogP contribution in [-0.4, -0.2) is 43.2 Å². The van der Waals surface area contributed by atoms with Crippen molar-refractivity contribution in [1.82, 2.24) is 15.5 Å². The molecular formula is C12H18ClN3O2. The SMILES string of the molecule is CN(C)C(=O)NCCNCc1cccc(Cl)c1O. The highest BCUT2D eigenvalue weighted by Gasteiger charge is 2.04. The summed E-state index contributed by atoms with van der Waals surface area (Å²) in [5.41, 5.74) is 0.737. The predicted molar refractivity (Wildman–Crippen MR) is 71.9 cm³/mol. The summed E-state index contributed by atoms with van der Waals surface area (Å²) in [5, 5.41) is 15.9. The molecule has 1 aromatic carbocycles. The second-order valence-electron chi connectivity index (χ2n) is 4.05. The monoisotopic (exact) mass is 271 g/mol. The number of carbonyl (C=O) groups is 1. The largest absolute Gasteiger partial charge is 0.506 e. The van der Waals surface area contributed by atoms with Gasteiger partial charge in [0.15, 0.2) is 0 Å². The summed E-state index contributed by atoms with van der Waals surface area (Å²) in [6.45, 7) is 1.65. The average molecular weight is 272 g/mol. The van der Waals surface area contributed by atoms with Gasteiger partial charge in [-0.05, 0) is 6.07 Å². The fourth-order valence-corrected chi connectivity index (χ4v) is 1.54. The van der Waals surface area contributed by atoms with E-state index in [1.54, 1.807) is 32.3 Å². The van der Waals surface area contributed by atoms with Crippen LogP contribution in [0.1, 0.15) is 5.56 Å². The second kappa shape index (κ2) is 7.08. The first-order chi connectivity index (χ1) is 8.52. The van der Waals surface area contributed by atoms with Crippen molar-refractivity contribution in [3.63, 3.8) is 0 Å². The van der Waals surface area contributed by atoms with Crippen LogP contribution in [0.5, 0.6) is 5.75 Å². The number of phenolic OH excluding ortho intramolecular Hbond substituents is 1. The molecule has 3 N–H and O–H groups in total. The van der Waals surface area contributed by atoms with Gasteiger partial charge in [-0.15, -0.1) is 0 Å². The predicted octanol–water partition coefficient (Wildman–Crippen LogP) is 1.41. The van der Waals surface area contributed by atoms with Gasteiger partial charge in [-0.25, -0.2) is 4.79 Å². The van der Waals surface area contributed by atoms with Gasteiger partial charge in [-0.1, -0.05) is 23.7 Å². The van der Waals surface area contributed by atoms with E-state index >= 15 is 0 Å². The highest BCUT2D eigenvalue weighted by Crippen LogP contribution is 2.26. The summed E-state index contributed by atoms with van der Waals surface area (Å²) in [5.74, 6) is 0.101. The van der Waals surface area contributed by atoms with Crippen LogP contribution in [0.3, 0.4) is 0 Å². The van der Waals surface area contributed by atoms with Crippen LogP contribution < -0.4 is 10.6 Å². The standard InChI is InChI=1S/C12H18ClN3O2/c1-16(2)12(18)15-7-6-14-8-9-4-3-5-10(13)11(9)17/h3-5,14,17H,6-8H2,1-2H3,(H,15,18). The average Bonchev–Trinajstić information content (AvgIpc) is 2.33. The molecule has 0 radical (unpaired) electrons. The number of benzene rings is 1. The zero-order valence-electron chi connectivity index (χ0n) is 10.5. The summed E-state index contributed by atoms with van der Waals surface area (Å²) >= 11 is 5.79. The maximum atomic E-state index is 11.2. The second-order valence-corrected chi connectivity index (χ2v) is 4.46. The van der Waals surface area contributed by atoms with Crippen LogP contribution in [0.4, 0.5) is 4.79 Å². The van der Waals surface area contributed by atoms with Gasteiger partial charge < -0.3 is 20.6 Å². The van der Waals surface area contributed by atoms with E-state index in [9.17, 15) is 9.90 Å². The molecule has 0 aliphatic carbocycles. The van der Waals surface area contributed by atoms with Gasteiger partial charge in [-0.3, -0.25) is 0 Å². The molecule has 0 aromatic heterocycles. The number of para-hydroxylation sites is 1. The van der Waals surface area contributed by atoms with Crippen molar-refractivity contribution in [2.75, 3.05) is 27.2 Å². The van der Waals surface area contributed by atoms with Gasteiger partial charge in [0.25, 0.3) is 0 Å². The molecule has 100 valence electrons. The molecule has 0 atom stereocenters. The maximum Gasteiger partial charge on any atom is 0.316 e. The van der Waals surface area contributed by atoms with E-state index in [1.165, 1.54) is 4.90 Å². The van der Waals surface area contributed by atoms with Gasteiger partial charge >= 0.3 is 6.03 Å². The lowest BCUT2D eigenvalue weighted by Gasteiger charge is -2.12. The first kappa shape index (κ1) is 14.6. The van der Waals surface area contributed by atoms with Crippen LogP contribution in [0, 0.1) is 0 Å². The van der Waals surface area contributed by atoms with Crippen LogP contribution >= 0.6 is 11.6 Å². The van der Waals surface area contributed by atoms with Crippen molar-refractivity contribution in [1.29, 1.82) is 0 Å². The molecule has 6 heteroatoms. The number of nitrogens with one attached hydrogen (secondary N) is 2. The number of phenols is 1. The number of amides is 2. The summed E-state index contributed by atoms with van der Waals surface area (Å²) in [4.78, 5) is 12.7. The Bertz CT molecular complexity index is 410. The lowest BCUT2D eigenvalue weighted by molar-refractivity contribution is 0.217. The lowest BCUT2D eigenvalue weighted by atomic mass is 10.2. The first-order valence-electron chi connectivity index (χ1n) is 5.64. The number of halogens is 1. The highest BCUT2D eigenvalue weighted by molar-refractivity contribution is 6.32. The van der Waals surface area contributed by atoms with Crippen LogP contribution in [0.25, 0.3) is 0 Å². The fraction of sp³-hybridized carbons (Fsp3) is 0.417. The van der Waals surface area contributed by atoms with Crippen molar-refractivity contribution >= 4 is 17.6 Å². The number of rotatable bonds is 5. The van der Waals surface area contributed by atoms with Crippen molar-refractivity contribution in [2.45, 2.75) is 6.54 Å². The Labute approximate surface area is 112 Å². The van der Waals surface area contributed by atoms with Crippen LogP contribution in [-0.2, 0) is 6.54 Å². The molecule has 0 aliphatic heterocycles. The minimum absolute atomic E-state index is 0.101. The summed E-state index contributed by atoms with van der Waals surface area (Å²) < 4.78 is 0. The molecule has 0 fully saturated rings. The highest BCUT2D eigenvalue weighted by atomic mass is 35.5. The fourth-order valence-electron chi connectivity index (χ4n) is 1.34. The first-order valence-corrected chi connectivity index (χ1v) is 6.02. The van der Waals surface area contributed by atoms with Gasteiger partial charge in [0.2, 0.25) is 0 Å². The van der Waals surface area contributed by atoms with E-state index in [4.69, 9.17) is 11.6 Å². The number of nitrogens with zero attached hydrogens (tertiary/aromatic N) is 1. The molecule has 0 unspecified atom stereocenters. The van der Waals surface area contributed by atoms with E-state index in [0.29, 0.717) is 24.7 Å². The molecule has 0 saturated heterocycles. The van der Waals surface area contributed by atoms with Crippen LogP contribution in [0.15, 0.2) is 18.2 Å². The third-order valence-corrected chi connectivity index (χ3v) is 2.67. The molecule has 5 nitrogen and oxygen atoms in total. The molecule has 0 aliphatic rings. The molecule has 18 heavy (non-hydrogen) atoms. The van der Waals surface area contributed by atoms with E-state index in [1.807, 2.05) is 0 Å². The Morgan fingerprint density at radius 2 is 2.11 bits per heavy atom. The lowest BCUT2D eigenvalue weighted by Crippen LogP contribution is -2.38. The van der Waals surface area contributed by atoms with Gasteiger partial charge in [0.05, 0.1) is 5.02 Å². The topological polar surface area (TPSA) is 64.6 Å². The zero-order chi connectivity index (χ0) is 13.5. The normalized spacial score (nSPS) is 10.2. The Hall–Kier alpha value is -1.46. The summed E-state index contributed by atoms with van der Waals surface area (Å²) in [6, 6.07) is 5.10. The summed E-state index contributed by atoms with van der Waals surface area (Å²) in [6.07, 6.45) is 0. The van der Waals surface area contributed by atoms with Gasteiger partial charge in [-0.2, -0.15) is 0 Å². The van der Waals surface area contributed by atoms with Crippen molar-refractivity contribution < 1.29 is 9.90 Å². The van der Waals surface area contributed by atoms with E-state index in [-0.39, 0.29) is 11.8 Å². The Morgan fingerprint density at radius 1 is 1.39 bits per heavy atom. The molecule has 0 bridgehead atoms. The minimum atomic E-state index is -0.123. The van der Waals surface area contributed by atoms with E-state index < -0.39 is 0 Å². The van der Waals surface area contributed by atoms with E-state index in [0.717, 1.165) is 5.56 Å². The molecule has 2 amide bonds. The number of urea groups is 1. The Balaban J connectivity index is 2.26. The smallest absolute Gasteiger partial charge is 0.316 e. The van der Waals surface area contributed by atoms with Crippen molar-refractivity contribution in [3.05, 3.63) is 28.8 Å². The molecule has 0 spiro atoms. The number of hydrogen-bond donors (Lipinski definition) is 3. The van der Waals surface area contributed by atoms with Crippen molar-refractivity contribution in [3.8, 4) is 5.75 Å². The van der Waals surface area contributed by atoms with E-state index in [2.05, 4.69) is 10.6 Å². The van der Waals surface area contributed by atoms with Crippen LogP contribution in [0.2, 0.25) is 5.02 Å². The van der Waals surface area contributed by atoms with Gasteiger partial charge in [0, 0.05) is 39.3 Å². The molecule has 1 rings (SSSR count). The quantitative estimate of drug-likeness (QED) is 0.710. The molecular weight excluding hydrogens is 254 g/mol. The number of carbonyl (C=O) groups excluding carboxylic acids is 1. The zero-order valence-corrected chi connectivity index (χ0v) is 11.3. The number of hydrogen-bond acceptors (Lipinski definition) is 3. The van der Waals surface area contributed by atoms with Gasteiger partial charge in [0.1, 0.15) is 5.75 Å². The minimum Gasteiger partial charge on any atom is -0.506 e. The third-order valence-electron chi connectivity index (χ3n) is 2.37.